The maximum absolute atomic E-state index is 13.7. The Balaban J connectivity index is 2.23. The molecule has 0 aliphatic carbocycles. The number of ether oxygens (including phenoxy) is 1. The molecule has 0 saturated carbocycles. The summed E-state index contributed by atoms with van der Waals surface area (Å²) >= 11 is 0. The molecule has 2 atom stereocenters. The van der Waals surface area contributed by atoms with Crippen molar-refractivity contribution < 1.29 is 13.5 Å². The van der Waals surface area contributed by atoms with Crippen LogP contribution in [0.15, 0.2) is 30.3 Å². The van der Waals surface area contributed by atoms with Gasteiger partial charge in [-0.3, -0.25) is 0 Å². The van der Waals surface area contributed by atoms with Crippen molar-refractivity contribution in [1.29, 1.82) is 0 Å². The second kappa shape index (κ2) is 3.89. The highest BCUT2D eigenvalue weighted by molar-refractivity contribution is 5.20. The first kappa shape index (κ1) is 10.6. The Hall–Kier alpha value is -0.960. The van der Waals surface area contributed by atoms with Gasteiger partial charge in [0.15, 0.2) is 0 Å². The summed E-state index contributed by atoms with van der Waals surface area (Å²) in [5.41, 5.74) is 0.564. The van der Waals surface area contributed by atoms with E-state index in [0.29, 0.717) is 12.2 Å². The van der Waals surface area contributed by atoms with Gasteiger partial charge in [-0.1, -0.05) is 37.3 Å². The molecule has 82 valence electrons. The lowest BCUT2D eigenvalue weighted by molar-refractivity contribution is -0.190. The topological polar surface area (TPSA) is 9.23 Å². The molecule has 0 unspecified atom stereocenters. The van der Waals surface area contributed by atoms with Crippen LogP contribution >= 0.6 is 0 Å². The summed E-state index contributed by atoms with van der Waals surface area (Å²) in [6.45, 7) is 2.20. The van der Waals surface area contributed by atoms with Crippen LogP contribution in [0.1, 0.15) is 25.0 Å². The fraction of sp³-hybridized carbons (Fsp3) is 0.500. The van der Waals surface area contributed by atoms with Gasteiger partial charge < -0.3 is 4.74 Å². The predicted octanol–water partition coefficient (Wildman–Crippen LogP) is 3.42. The van der Waals surface area contributed by atoms with Crippen molar-refractivity contribution in [3.8, 4) is 0 Å². The van der Waals surface area contributed by atoms with Gasteiger partial charge >= 0.3 is 0 Å². The van der Waals surface area contributed by atoms with Gasteiger partial charge in [-0.05, 0) is 11.5 Å². The van der Waals surface area contributed by atoms with E-state index in [4.69, 9.17) is 4.74 Å². The number of alkyl halides is 2. The highest BCUT2D eigenvalue weighted by Crippen LogP contribution is 2.42. The standard InChI is InChI=1S/C12H14F2O/c1-9-7-12(13,14)11(15-8-9)10-5-3-2-4-6-10/h2-6,9,11H,7-8H2,1H3/t9-,11-/m1/s1. The van der Waals surface area contributed by atoms with E-state index in [1.807, 2.05) is 6.07 Å². The number of benzene rings is 1. The van der Waals surface area contributed by atoms with Gasteiger partial charge in [0.2, 0.25) is 0 Å². The quantitative estimate of drug-likeness (QED) is 0.693. The van der Waals surface area contributed by atoms with Crippen molar-refractivity contribution >= 4 is 0 Å². The van der Waals surface area contributed by atoms with Gasteiger partial charge in [0.1, 0.15) is 6.10 Å². The largest absolute Gasteiger partial charge is 0.367 e. The maximum Gasteiger partial charge on any atom is 0.278 e. The van der Waals surface area contributed by atoms with Crippen LogP contribution in [0.2, 0.25) is 0 Å². The molecule has 1 aromatic carbocycles. The molecule has 1 aliphatic rings. The van der Waals surface area contributed by atoms with Crippen molar-refractivity contribution in [2.75, 3.05) is 6.61 Å². The predicted molar refractivity (Wildman–Crippen MR) is 53.9 cm³/mol. The molecule has 1 saturated heterocycles. The molecule has 1 aliphatic heterocycles. The van der Waals surface area contributed by atoms with E-state index in [-0.39, 0.29) is 12.3 Å². The zero-order valence-corrected chi connectivity index (χ0v) is 8.62. The smallest absolute Gasteiger partial charge is 0.278 e. The van der Waals surface area contributed by atoms with Gasteiger partial charge in [0.05, 0.1) is 6.61 Å². The summed E-state index contributed by atoms with van der Waals surface area (Å²) in [5, 5.41) is 0. The minimum absolute atomic E-state index is 0.0695. The van der Waals surface area contributed by atoms with E-state index in [0.717, 1.165) is 0 Å². The Kier molecular flexibility index (Phi) is 2.74. The molecular weight excluding hydrogens is 198 g/mol. The molecular formula is C12H14F2O. The Bertz CT molecular complexity index is 324. The Morgan fingerprint density at radius 1 is 1.27 bits per heavy atom. The fourth-order valence-electron chi connectivity index (χ4n) is 1.98. The van der Waals surface area contributed by atoms with Gasteiger partial charge in [0, 0.05) is 6.42 Å². The van der Waals surface area contributed by atoms with Crippen molar-refractivity contribution in [2.45, 2.75) is 25.4 Å². The van der Waals surface area contributed by atoms with Crippen molar-refractivity contribution in [1.82, 2.24) is 0 Å². The van der Waals surface area contributed by atoms with Crippen LogP contribution in [0.4, 0.5) is 8.78 Å². The molecule has 1 nitrogen and oxygen atoms in total. The highest BCUT2D eigenvalue weighted by atomic mass is 19.3. The monoisotopic (exact) mass is 212 g/mol. The van der Waals surface area contributed by atoms with Crippen LogP contribution in [0, 0.1) is 5.92 Å². The fourth-order valence-corrected chi connectivity index (χ4v) is 1.98. The van der Waals surface area contributed by atoms with E-state index in [1.165, 1.54) is 0 Å². The lowest BCUT2D eigenvalue weighted by Gasteiger charge is -2.34. The van der Waals surface area contributed by atoms with E-state index in [1.54, 1.807) is 31.2 Å². The second-order valence-corrected chi connectivity index (χ2v) is 4.19. The number of hydrogen-bond donors (Lipinski definition) is 0. The molecule has 1 aromatic rings. The van der Waals surface area contributed by atoms with Gasteiger partial charge in [-0.2, -0.15) is 0 Å². The van der Waals surface area contributed by atoms with Gasteiger partial charge in [-0.25, -0.2) is 8.78 Å². The molecule has 1 heterocycles. The van der Waals surface area contributed by atoms with Gasteiger partial charge in [-0.15, -0.1) is 0 Å². The van der Waals surface area contributed by atoms with Crippen LogP contribution in [0.25, 0.3) is 0 Å². The Morgan fingerprint density at radius 2 is 1.93 bits per heavy atom. The van der Waals surface area contributed by atoms with Crippen LogP contribution in [-0.2, 0) is 4.74 Å². The normalized spacial score (nSPS) is 30.1. The van der Waals surface area contributed by atoms with E-state index in [9.17, 15) is 8.78 Å². The molecule has 0 aromatic heterocycles. The SMILES string of the molecule is C[C@H]1CO[C@H](c2ccccc2)C(F)(F)C1. The highest BCUT2D eigenvalue weighted by Gasteiger charge is 2.45. The molecule has 3 heteroatoms. The summed E-state index contributed by atoms with van der Waals surface area (Å²) in [5.74, 6) is -2.82. The second-order valence-electron chi connectivity index (χ2n) is 4.19. The molecule has 1 fully saturated rings. The maximum atomic E-state index is 13.7. The lowest BCUT2D eigenvalue weighted by Crippen LogP contribution is -2.37. The molecule has 0 amide bonds. The third-order valence-corrected chi connectivity index (χ3v) is 2.65. The summed E-state index contributed by atoms with van der Waals surface area (Å²) in [4.78, 5) is 0. The minimum atomic E-state index is -2.75. The van der Waals surface area contributed by atoms with Crippen molar-refractivity contribution in [2.24, 2.45) is 5.92 Å². The molecule has 0 spiro atoms. The molecule has 15 heavy (non-hydrogen) atoms. The van der Waals surface area contributed by atoms with Gasteiger partial charge in [0.25, 0.3) is 5.92 Å². The average molecular weight is 212 g/mol. The zero-order valence-electron chi connectivity index (χ0n) is 8.62. The first-order valence-corrected chi connectivity index (χ1v) is 5.14. The first-order valence-electron chi connectivity index (χ1n) is 5.14. The third kappa shape index (κ3) is 2.17. The zero-order chi connectivity index (χ0) is 10.9. The van der Waals surface area contributed by atoms with Crippen LogP contribution in [0.5, 0.6) is 0 Å². The molecule has 0 bridgehead atoms. The third-order valence-electron chi connectivity index (χ3n) is 2.65. The summed E-state index contributed by atoms with van der Waals surface area (Å²) in [7, 11) is 0. The number of hydrogen-bond acceptors (Lipinski definition) is 1. The van der Waals surface area contributed by atoms with Crippen LogP contribution in [0.3, 0.4) is 0 Å². The Morgan fingerprint density at radius 3 is 2.53 bits per heavy atom. The first-order chi connectivity index (χ1) is 7.09. The van der Waals surface area contributed by atoms with Crippen molar-refractivity contribution in [3.05, 3.63) is 35.9 Å². The molecule has 2 rings (SSSR count). The summed E-state index contributed by atoms with van der Waals surface area (Å²) in [6.07, 6.45) is -1.16. The van der Waals surface area contributed by atoms with E-state index in [2.05, 4.69) is 0 Å². The minimum Gasteiger partial charge on any atom is -0.367 e. The lowest BCUT2D eigenvalue weighted by atomic mass is 9.92. The Labute approximate surface area is 88.1 Å². The number of halogens is 2. The van der Waals surface area contributed by atoms with Crippen molar-refractivity contribution in [3.63, 3.8) is 0 Å². The molecule has 0 radical (unpaired) electrons. The van der Waals surface area contributed by atoms with E-state index >= 15 is 0 Å². The van der Waals surface area contributed by atoms with E-state index < -0.39 is 12.0 Å². The van der Waals surface area contributed by atoms with Crippen LogP contribution < -0.4 is 0 Å². The molecule has 0 N–H and O–H groups in total. The van der Waals surface area contributed by atoms with Crippen LogP contribution in [-0.4, -0.2) is 12.5 Å². The average Bonchev–Trinajstić information content (AvgIpc) is 2.17. The number of rotatable bonds is 1. The summed E-state index contributed by atoms with van der Waals surface area (Å²) in [6, 6.07) is 8.70. The summed E-state index contributed by atoms with van der Waals surface area (Å²) < 4.78 is 32.6.